The summed E-state index contributed by atoms with van der Waals surface area (Å²) in [5, 5.41) is 9.78. The van der Waals surface area contributed by atoms with Crippen molar-refractivity contribution in [1.82, 2.24) is 0 Å². The maximum atomic E-state index is 13.1. The van der Waals surface area contributed by atoms with Crippen molar-refractivity contribution in [3.8, 4) is 0 Å². The smallest absolute Gasteiger partial charge is 0.329 e. The number of carbonyl (C=O) groups excluding carboxylic acids is 2. The summed E-state index contributed by atoms with van der Waals surface area (Å²) in [6.07, 6.45) is 3.88. The first kappa shape index (κ1) is 22.0. The van der Waals surface area contributed by atoms with Gasteiger partial charge in [-0.05, 0) is 57.7 Å². The largest absolute Gasteiger partial charge is 0.480 e. The van der Waals surface area contributed by atoms with Gasteiger partial charge < -0.3 is 5.11 Å². The molecule has 0 unspecified atom stereocenters. The SMILES string of the molecule is Cc1ccc(Br)c(C)c1N(C(=O)CSC(=O)C1CCCC1)C(C)(C)C(=O)O. The summed E-state index contributed by atoms with van der Waals surface area (Å²) < 4.78 is 0.803. The second-order valence-electron chi connectivity index (χ2n) is 7.52. The Hall–Kier alpha value is -1.34. The van der Waals surface area contributed by atoms with Gasteiger partial charge in [-0.25, -0.2) is 4.79 Å². The Morgan fingerprint density at radius 1 is 1.22 bits per heavy atom. The molecule has 1 aliphatic rings. The van der Waals surface area contributed by atoms with Gasteiger partial charge in [-0.3, -0.25) is 14.5 Å². The van der Waals surface area contributed by atoms with Crippen LogP contribution in [-0.2, 0) is 14.4 Å². The van der Waals surface area contributed by atoms with Crippen molar-refractivity contribution >= 4 is 50.4 Å². The minimum absolute atomic E-state index is 0.0260. The average molecular weight is 456 g/mol. The number of thioether (sulfide) groups is 1. The second kappa shape index (κ2) is 8.78. The van der Waals surface area contributed by atoms with Gasteiger partial charge in [0.2, 0.25) is 5.91 Å². The number of rotatable bonds is 6. The lowest BCUT2D eigenvalue weighted by Gasteiger charge is -2.37. The number of carboxylic acids is 1. The Balaban J connectivity index is 2.33. The normalized spacial score (nSPS) is 15.0. The van der Waals surface area contributed by atoms with Crippen LogP contribution in [0, 0.1) is 19.8 Å². The molecule has 148 valence electrons. The number of amides is 1. The van der Waals surface area contributed by atoms with Crippen molar-refractivity contribution in [1.29, 1.82) is 0 Å². The Kier molecular flexibility index (Phi) is 7.14. The molecule has 1 fully saturated rings. The fraction of sp³-hybridized carbons (Fsp3) is 0.550. The lowest BCUT2D eigenvalue weighted by atomic mass is 9.98. The quantitative estimate of drug-likeness (QED) is 0.671. The maximum Gasteiger partial charge on any atom is 0.329 e. The van der Waals surface area contributed by atoms with E-state index in [0.717, 1.165) is 53.0 Å². The molecule has 0 bridgehead atoms. The molecule has 1 aromatic rings. The lowest BCUT2D eigenvalue weighted by molar-refractivity contribution is -0.143. The Morgan fingerprint density at radius 2 is 1.81 bits per heavy atom. The van der Waals surface area contributed by atoms with E-state index < -0.39 is 11.5 Å². The highest BCUT2D eigenvalue weighted by atomic mass is 79.9. The van der Waals surface area contributed by atoms with E-state index in [-0.39, 0.29) is 22.7 Å². The summed E-state index contributed by atoms with van der Waals surface area (Å²) in [6, 6.07) is 3.73. The van der Waals surface area contributed by atoms with Gasteiger partial charge in [0.05, 0.1) is 11.4 Å². The standard InChI is InChI=1S/C20H26BrNO4S/c1-12-9-10-15(21)13(2)17(12)22(20(3,4)19(25)26)16(23)11-27-18(24)14-7-5-6-8-14/h9-10,14H,5-8,11H2,1-4H3,(H,25,26). The van der Waals surface area contributed by atoms with Crippen LogP contribution in [0.2, 0.25) is 0 Å². The van der Waals surface area contributed by atoms with Crippen LogP contribution in [0.15, 0.2) is 16.6 Å². The number of halogens is 1. The van der Waals surface area contributed by atoms with Crippen LogP contribution in [0.5, 0.6) is 0 Å². The van der Waals surface area contributed by atoms with E-state index >= 15 is 0 Å². The summed E-state index contributed by atoms with van der Waals surface area (Å²) in [7, 11) is 0. The van der Waals surface area contributed by atoms with Crippen LogP contribution in [0.25, 0.3) is 0 Å². The van der Waals surface area contributed by atoms with Crippen LogP contribution in [0.1, 0.15) is 50.7 Å². The van der Waals surface area contributed by atoms with Crippen molar-refractivity contribution in [3.05, 3.63) is 27.7 Å². The third-order valence-electron chi connectivity index (χ3n) is 5.15. The molecule has 0 aliphatic heterocycles. The number of aryl methyl sites for hydroxylation is 1. The summed E-state index contributed by atoms with van der Waals surface area (Å²) in [5.41, 5.74) is 0.746. The lowest BCUT2D eigenvalue weighted by Crippen LogP contribution is -2.54. The van der Waals surface area contributed by atoms with Gasteiger partial charge in [0, 0.05) is 10.4 Å². The van der Waals surface area contributed by atoms with Crippen LogP contribution in [0.4, 0.5) is 5.69 Å². The van der Waals surface area contributed by atoms with Gasteiger partial charge >= 0.3 is 5.97 Å². The first-order valence-electron chi connectivity index (χ1n) is 9.06. The molecule has 0 radical (unpaired) electrons. The molecule has 0 atom stereocenters. The zero-order chi connectivity index (χ0) is 20.4. The zero-order valence-corrected chi connectivity index (χ0v) is 18.6. The molecule has 2 rings (SSSR count). The predicted molar refractivity (Wildman–Crippen MR) is 112 cm³/mol. The van der Waals surface area contributed by atoms with E-state index in [1.807, 2.05) is 26.0 Å². The first-order chi connectivity index (χ1) is 12.6. The van der Waals surface area contributed by atoms with E-state index in [1.165, 1.54) is 18.7 Å². The van der Waals surface area contributed by atoms with Crippen molar-refractivity contribution in [3.63, 3.8) is 0 Å². The summed E-state index contributed by atoms with van der Waals surface area (Å²) in [4.78, 5) is 38.7. The molecule has 1 aromatic carbocycles. The van der Waals surface area contributed by atoms with Crippen molar-refractivity contribution < 1.29 is 19.5 Å². The van der Waals surface area contributed by atoms with Crippen LogP contribution >= 0.6 is 27.7 Å². The molecule has 5 nitrogen and oxygen atoms in total. The van der Waals surface area contributed by atoms with E-state index in [9.17, 15) is 19.5 Å². The van der Waals surface area contributed by atoms with Gasteiger partial charge in [0.25, 0.3) is 0 Å². The van der Waals surface area contributed by atoms with Crippen LogP contribution < -0.4 is 4.90 Å². The molecule has 0 heterocycles. The van der Waals surface area contributed by atoms with Gasteiger partial charge in [-0.1, -0.05) is 46.6 Å². The number of hydrogen-bond donors (Lipinski definition) is 1. The first-order valence-corrected chi connectivity index (χ1v) is 10.8. The summed E-state index contributed by atoms with van der Waals surface area (Å²) >= 11 is 4.48. The molecule has 0 spiro atoms. The van der Waals surface area contributed by atoms with E-state index in [1.54, 1.807) is 0 Å². The Labute approximate surface area is 173 Å². The van der Waals surface area contributed by atoms with E-state index in [0.29, 0.717) is 5.69 Å². The third kappa shape index (κ3) is 4.74. The number of hydrogen-bond acceptors (Lipinski definition) is 4. The van der Waals surface area contributed by atoms with Gasteiger partial charge in [0.1, 0.15) is 5.54 Å². The number of nitrogens with zero attached hydrogens (tertiary/aromatic N) is 1. The van der Waals surface area contributed by atoms with E-state index in [4.69, 9.17) is 0 Å². The Bertz CT molecular complexity index is 757. The van der Waals surface area contributed by atoms with Crippen molar-refractivity contribution in [2.45, 2.75) is 58.9 Å². The van der Waals surface area contributed by atoms with Gasteiger partial charge in [-0.2, -0.15) is 0 Å². The topological polar surface area (TPSA) is 74.7 Å². The van der Waals surface area contributed by atoms with Crippen molar-refractivity contribution in [2.75, 3.05) is 10.7 Å². The highest BCUT2D eigenvalue weighted by Gasteiger charge is 2.40. The molecule has 27 heavy (non-hydrogen) atoms. The predicted octanol–water partition coefficient (Wildman–Crippen LogP) is 4.71. The molecule has 1 N–H and O–H groups in total. The second-order valence-corrected chi connectivity index (χ2v) is 9.35. The molecule has 1 saturated carbocycles. The van der Waals surface area contributed by atoms with Gasteiger partial charge in [0.15, 0.2) is 5.12 Å². The molecular formula is C20H26BrNO4S. The number of benzene rings is 1. The molecule has 1 aliphatic carbocycles. The Morgan fingerprint density at radius 3 is 2.37 bits per heavy atom. The monoisotopic (exact) mass is 455 g/mol. The number of carboxylic acid groups (broad SMARTS) is 1. The molecular weight excluding hydrogens is 430 g/mol. The number of anilines is 1. The molecule has 7 heteroatoms. The fourth-order valence-corrected chi connectivity index (χ4v) is 4.63. The average Bonchev–Trinajstić information content (AvgIpc) is 3.14. The van der Waals surface area contributed by atoms with Crippen molar-refractivity contribution in [2.24, 2.45) is 5.92 Å². The van der Waals surface area contributed by atoms with Crippen LogP contribution in [-0.4, -0.2) is 33.4 Å². The fourth-order valence-electron chi connectivity index (χ4n) is 3.44. The minimum atomic E-state index is -1.44. The highest BCUT2D eigenvalue weighted by molar-refractivity contribution is 9.10. The highest BCUT2D eigenvalue weighted by Crippen LogP contribution is 2.36. The summed E-state index contributed by atoms with van der Waals surface area (Å²) in [5.74, 6) is -1.50. The van der Waals surface area contributed by atoms with Crippen LogP contribution in [0.3, 0.4) is 0 Å². The number of carbonyl (C=O) groups is 3. The zero-order valence-electron chi connectivity index (χ0n) is 16.2. The summed E-state index contributed by atoms with van der Waals surface area (Å²) in [6.45, 7) is 6.72. The maximum absolute atomic E-state index is 13.1. The van der Waals surface area contributed by atoms with E-state index in [2.05, 4.69) is 15.9 Å². The third-order valence-corrected chi connectivity index (χ3v) is 7.02. The van der Waals surface area contributed by atoms with Gasteiger partial charge in [-0.15, -0.1) is 0 Å². The molecule has 0 saturated heterocycles. The number of aliphatic carboxylic acids is 1. The molecule has 1 amide bonds. The molecule has 0 aromatic heterocycles. The minimum Gasteiger partial charge on any atom is -0.480 e.